The minimum atomic E-state index is 0.0257. The number of benzene rings is 2. The molecule has 2 aromatic carbocycles. The van der Waals surface area contributed by atoms with Gasteiger partial charge in [-0.25, -0.2) is 0 Å². The van der Waals surface area contributed by atoms with Gasteiger partial charge in [-0.05, 0) is 48.6 Å². The molecule has 0 spiro atoms. The summed E-state index contributed by atoms with van der Waals surface area (Å²) in [5, 5.41) is 3.26. The molecule has 1 amide bonds. The standard InChI is InChI=1S/C25H32N2O3/c1-18(2)25(19-8-4-3-5-9-19)26-24(28)17-27-13-6-10-21(27)20-11-12-22-23(16-20)30-15-7-14-29-22/h3-5,8-9,11-12,16,18,21,25H,6-7,10,13-15,17H2,1-2H3,(H,26,28). The van der Waals surface area contributed by atoms with Crippen molar-refractivity contribution in [3.8, 4) is 11.5 Å². The molecule has 5 heteroatoms. The van der Waals surface area contributed by atoms with E-state index < -0.39 is 0 Å². The Morgan fingerprint density at radius 3 is 2.60 bits per heavy atom. The van der Waals surface area contributed by atoms with Crippen molar-refractivity contribution < 1.29 is 14.3 Å². The third-order valence-corrected chi connectivity index (χ3v) is 6.01. The third-order valence-electron chi connectivity index (χ3n) is 6.01. The minimum absolute atomic E-state index is 0.0257. The maximum absolute atomic E-state index is 12.9. The van der Waals surface area contributed by atoms with Gasteiger partial charge in [-0.15, -0.1) is 0 Å². The first-order valence-electron chi connectivity index (χ1n) is 11.1. The van der Waals surface area contributed by atoms with E-state index >= 15 is 0 Å². The second kappa shape index (κ2) is 9.52. The zero-order chi connectivity index (χ0) is 20.9. The predicted octanol–water partition coefficient (Wildman–Crippen LogP) is 4.50. The number of nitrogens with zero attached hydrogens (tertiary/aromatic N) is 1. The van der Waals surface area contributed by atoms with Gasteiger partial charge in [-0.3, -0.25) is 9.69 Å². The Balaban J connectivity index is 1.44. The quantitative estimate of drug-likeness (QED) is 0.765. The second-order valence-electron chi connectivity index (χ2n) is 8.59. The first-order chi connectivity index (χ1) is 14.6. The maximum atomic E-state index is 12.9. The van der Waals surface area contributed by atoms with Crippen molar-refractivity contribution in [2.45, 2.75) is 45.2 Å². The van der Waals surface area contributed by atoms with Crippen molar-refractivity contribution >= 4 is 5.91 Å². The van der Waals surface area contributed by atoms with Gasteiger partial charge in [0, 0.05) is 12.5 Å². The lowest BCUT2D eigenvalue weighted by Crippen LogP contribution is -2.40. The lowest BCUT2D eigenvalue weighted by Gasteiger charge is -2.27. The largest absolute Gasteiger partial charge is 0.490 e. The van der Waals surface area contributed by atoms with Crippen LogP contribution in [0.25, 0.3) is 0 Å². The monoisotopic (exact) mass is 408 g/mol. The molecule has 2 aliphatic heterocycles. The molecule has 0 aliphatic carbocycles. The van der Waals surface area contributed by atoms with Gasteiger partial charge >= 0.3 is 0 Å². The molecule has 2 heterocycles. The van der Waals surface area contributed by atoms with Crippen molar-refractivity contribution in [3.05, 3.63) is 59.7 Å². The summed E-state index contributed by atoms with van der Waals surface area (Å²) in [5.41, 5.74) is 2.36. The zero-order valence-electron chi connectivity index (χ0n) is 18.0. The average Bonchev–Trinajstić information content (AvgIpc) is 3.07. The summed E-state index contributed by atoms with van der Waals surface area (Å²) in [4.78, 5) is 15.2. The van der Waals surface area contributed by atoms with Gasteiger partial charge in [0.15, 0.2) is 11.5 Å². The lowest BCUT2D eigenvalue weighted by molar-refractivity contribution is -0.123. The van der Waals surface area contributed by atoms with Crippen LogP contribution in [0.3, 0.4) is 0 Å². The molecule has 0 radical (unpaired) electrons. The van der Waals surface area contributed by atoms with E-state index in [-0.39, 0.29) is 18.0 Å². The van der Waals surface area contributed by atoms with Crippen LogP contribution in [-0.2, 0) is 4.79 Å². The summed E-state index contributed by atoms with van der Waals surface area (Å²) in [6.45, 7) is 7.02. The summed E-state index contributed by atoms with van der Waals surface area (Å²) >= 11 is 0. The number of nitrogens with one attached hydrogen (secondary N) is 1. The molecule has 0 aromatic heterocycles. The molecule has 1 saturated heterocycles. The number of carbonyl (C=O) groups excluding carboxylic acids is 1. The Labute approximate surface area is 179 Å². The first kappa shape index (κ1) is 20.7. The van der Waals surface area contributed by atoms with Crippen LogP contribution < -0.4 is 14.8 Å². The molecule has 2 unspecified atom stereocenters. The SMILES string of the molecule is CC(C)C(NC(=O)CN1CCCC1c1ccc2c(c1)OCCCO2)c1ccccc1. The minimum Gasteiger partial charge on any atom is -0.490 e. The molecule has 2 aromatic rings. The highest BCUT2D eigenvalue weighted by Crippen LogP contribution is 2.37. The molecule has 5 nitrogen and oxygen atoms in total. The van der Waals surface area contributed by atoms with Gasteiger partial charge < -0.3 is 14.8 Å². The topological polar surface area (TPSA) is 50.8 Å². The predicted molar refractivity (Wildman–Crippen MR) is 118 cm³/mol. The highest BCUT2D eigenvalue weighted by molar-refractivity contribution is 5.78. The number of fused-ring (bicyclic) bond motifs is 1. The van der Waals surface area contributed by atoms with Gasteiger partial charge in [0.1, 0.15) is 0 Å². The van der Waals surface area contributed by atoms with E-state index in [0.717, 1.165) is 42.9 Å². The molecule has 2 aliphatic rings. The Bertz CT molecular complexity index is 853. The van der Waals surface area contributed by atoms with E-state index in [1.165, 1.54) is 5.56 Å². The number of likely N-dealkylation sites (tertiary alicyclic amines) is 1. The molecule has 0 saturated carbocycles. The fourth-order valence-corrected chi connectivity index (χ4v) is 4.48. The van der Waals surface area contributed by atoms with E-state index in [1.807, 2.05) is 24.3 Å². The van der Waals surface area contributed by atoms with E-state index in [0.29, 0.717) is 25.7 Å². The van der Waals surface area contributed by atoms with Crippen molar-refractivity contribution in [3.63, 3.8) is 0 Å². The summed E-state index contributed by atoms with van der Waals surface area (Å²) in [6.07, 6.45) is 3.05. The number of hydrogen-bond acceptors (Lipinski definition) is 4. The van der Waals surface area contributed by atoms with Crippen LogP contribution in [0.1, 0.15) is 56.3 Å². The average molecular weight is 409 g/mol. The van der Waals surface area contributed by atoms with Crippen molar-refractivity contribution in [2.75, 3.05) is 26.3 Å². The summed E-state index contributed by atoms with van der Waals surface area (Å²) in [6, 6.07) is 16.7. The summed E-state index contributed by atoms with van der Waals surface area (Å²) in [5.74, 6) is 2.05. The molecule has 160 valence electrons. The van der Waals surface area contributed by atoms with E-state index in [4.69, 9.17) is 9.47 Å². The Kier molecular flexibility index (Phi) is 6.58. The summed E-state index contributed by atoms with van der Waals surface area (Å²) < 4.78 is 11.6. The molecule has 1 N–H and O–H groups in total. The highest BCUT2D eigenvalue weighted by atomic mass is 16.5. The zero-order valence-corrected chi connectivity index (χ0v) is 18.0. The highest BCUT2D eigenvalue weighted by Gasteiger charge is 2.29. The number of amides is 1. The van der Waals surface area contributed by atoms with Gasteiger partial charge in [0.05, 0.1) is 25.8 Å². The molecule has 0 bridgehead atoms. The van der Waals surface area contributed by atoms with Crippen molar-refractivity contribution in [1.82, 2.24) is 10.2 Å². The fourth-order valence-electron chi connectivity index (χ4n) is 4.48. The molecule has 1 fully saturated rings. The molecular formula is C25H32N2O3. The maximum Gasteiger partial charge on any atom is 0.234 e. The molecule has 2 atom stereocenters. The lowest BCUT2D eigenvalue weighted by atomic mass is 9.96. The van der Waals surface area contributed by atoms with Gasteiger partial charge in [-0.1, -0.05) is 50.2 Å². The van der Waals surface area contributed by atoms with Crippen LogP contribution in [0.2, 0.25) is 0 Å². The smallest absolute Gasteiger partial charge is 0.234 e. The Morgan fingerprint density at radius 2 is 1.83 bits per heavy atom. The number of carbonyl (C=O) groups is 1. The van der Waals surface area contributed by atoms with Crippen LogP contribution in [0.5, 0.6) is 11.5 Å². The van der Waals surface area contributed by atoms with Gasteiger partial charge in [0.2, 0.25) is 5.91 Å². The van der Waals surface area contributed by atoms with Crippen molar-refractivity contribution in [2.24, 2.45) is 5.92 Å². The van der Waals surface area contributed by atoms with Crippen LogP contribution >= 0.6 is 0 Å². The second-order valence-corrected chi connectivity index (χ2v) is 8.59. The van der Waals surface area contributed by atoms with Crippen molar-refractivity contribution in [1.29, 1.82) is 0 Å². The number of rotatable bonds is 6. The molecule has 30 heavy (non-hydrogen) atoms. The third kappa shape index (κ3) is 4.78. The molecule has 4 rings (SSSR count). The fraction of sp³-hybridized carbons (Fsp3) is 0.480. The van der Waals surface area contributed by atoms with E-state index in [9.17, 15) is 4.79 Å². The normalized spacial score (nSPS) is 20.0. The van der Waals surface area contributed by atoms with E-state index in [2.05, 4.69) is 48.3 Å². The van der Waals surface area contributed by atoms with Crippen LogP contribution in [0.4, 0.5) is 0 Å². The van der Waals surface area contributed by atoms with E-state index in [1.54, 1.807) is 0 Å². The Hall–Kier alpha value is -2.53. The van der Waals surface area contributed by atoms with Crippen LogP contribution in [-0.4, -0.2) is 37.1 Å². The number of hydrogen-bond donors (Lipinski definition) is 1. The molecular weight excluding hydrogens is 376 g/mol. The van der Waals surface area contributed by atoms with Crippen LogP contribution in [0.15, 0.2) is 48.5 Å². The Morgan fingerprint density at radius 1 is 1.07 bits per heavy atom. The first-order valence-corrected chi connectivity index (χ1v) is 11.1. The summed E-state index contributed by atoms with van der Waals surface area (Å²) in [7, 11) is 0. The van der Waals surface area contributed by atoms with Crippen LogP contribution in [0, 0.1) is 5.92 Å². The van der Waals surface area contributed by atoms with Gasteiger partial charge in [0.25, 0.3) is 0 Å². The van der Waals surface area contributed by atoms with Gasteiger partial charge in [-0.2, -0.15) is 0 Å². The number of ether oxygens (including phenoxy) is 2.